The quantitative estimate of drug-likeness (QED) is 0.888. The molecule has 0 aromatic heterocycles. The largest absolute Gasteiger partial charge is 0.387 e. The van der Waals surface area contributed by atoms with Crippen LogP contribution in [0.1, 0.15) is 24.8 Å². The minimum absolute atomic E-state index is 0.0502. The Balaban J connectivity index is 1.52. The molecule has 0 spiro atoms. The molecule has 2 aliphatic rings. The number of likely N-dealkylation sites (tertiary alicyclic amines) is 1. The Morgan fingerprint density at radius 2 is 2.04 bits per heavy atom. The van der Waals surface area contributed by atoms with Gasteiger partial charge in [0.2, 0.25) is 5.91 Å². The van der Waals surface area contributed by atoms with Crippen molar-refractivity contribution in [3.8, 4) is 0 Å². The molecule has 1 aromatic carbocycles. The first-order valence-electron chi connectivity index (χ1n) is 8.87. The molecule has 0 aliphatic carbocycles. The average molecular weight is 332 g/mol. The molecule has 5 heteroatoms. The molecule has 0 radical (unpaired) electrons. The van der Waals surface area contributed by atoms with Crippen molar-refractivity contribution >= 4 is 5.91 Å². The number of nitrogens with zero attached hydrogens (tertiary/aromatic N) is 2. The van der Waals surface area contributed by atoms with Crippen molar-refractivity contribution in [1.29, 1.82) is 0 Å². The van der Waals surface area contributed by atoms with E-state index < -0.39 is 5.60 Å². The van der Waals surface area contributed by atoms with E-state index in [4.69, 9.17) is 4.74 Å². The Hall–Kier alpha value is -1.43. The summed E-state index contributed by atoms with van der Waals surface area (Å²) in [6, 6.07) is 10.3. The maximum atomic E-state index is 12.5. The lowest BCUT2D eigenvalue weighted by molar-refractivity contribution is -0.140. The van der Waals surface area contributed by atoms with E-state index in [-0.39, 0.29) is 11.8 Å². The maximum absolute atomic E-state index is 12.5. The lowest BCUT2D eigenvalue weighted by Crippen LogP contribution is -2.47. The summed E-state index contributed by atoms with van der Waals surface area (Å²) in [6.45, 7) is 4.08. The first-order valence-corrected chi connectivity index (χ1v) is 8.87. The van der Waals surface area contributed by atoms with Crippen LogP contribution in [0.2, 0.25) is 0 Å². The molecule has 1 aromatic rings. The zero-order chi connectivity index (χ0) is 17.0. The van der Waals surface area contributed by atoms with Crippen LogP contribution in [0.15, 0.2) is 30.3 Å². The molecule has 5 nitrogen and oxygen atoms in total. The third-order valence-electron chi connectivity index (χ3n) is 5.14. The highest BCUT2D eigenvalue weighted by molar-refractivity contribution is 5.78. The summed E-state index contributed by atoms with van der Waals surface area (Å²) in [5.41, 5.74) is 0.457. The van der Waals surface area contributed by atoms with E-state index >= 15 is 0 Å². The second-order valence-corrected chi connectivity index (χ2v) is 7.25. The first kappa shape index (κ1) is 17.4. The van der Waals surface area contributed by atoms with Crippen LogP contribution < -0.4 is 0 Å². The molecular formula is C19H28N2O3. The van der Waals surface area contributed by atoms with Crippen molar-refractivity contribution in [3.05, 3.63) is 35.9 Å². The minimum Gasteiger partial charge on any atom is -0.387 e. The number of likely N-dealkylation sites (N-methyl/N-ethyl adjacent to an activating group) is 1. The van der Waals surface area contributed by atoms with Gasteiger partial charge in [-0.05, 0) is 24.8 Å². The van der Waals surface area contributed by atoms with E-state index in [0.717, 1.165) is 25.9 Å². The average Bonchev–Trinajstić information content (AvgIpc) is 2.96. The number of β-amino-alcohol motifs (C(OH)–C–C–N with tert-alkyl or cyclic N) is 1. The molecule has 0 saturated carbocycles. The van der Waals surface area contributed by atoms with Gasteiger partial charge in [-0.1, -0.05) is 30.3 Å². The summed E-state index contributed by atoms with van der Waals surface area (Å²) in [5.74, 6) is 0.197. The van der Waals surface area contributed by atoms with Gasteiger partial charge in [-0.3, -0.25) is 9.69 Å². The number of hydrogen-bond donors (Lipinski definition) is 1. The summed E-state index contributed by atoms with van der Waals surface area (Å²) in [6.07, 6.45) is 2.30. The highest BCUT2D eigenvalue weighted by atomic mass is 16.5. The second-order valence-electron chi connectivity index (χ2n) is 7.25. The van der Waals surface area contributed by atoms with Gasteiger partial charge in [-0.15, -0.1) is 0 Å². The van der Waals surface area contributed by atoms with Crippen molar-refractivity contribution in [1.82, 2.24) is 9.80 Å². The van der Waals surface area contributed by atoms with Gasteiger partial charge in [0, 0.05) is 45.8 Å². The van der Waals surface area contributed by atoms with Crippen LogP contribution in [0.25, 0.3) is 0 Å². The van der Waals surface area contributed by atoms with E-state index in [1.807, 2.05) is 25.2 Å². The lowest BCUT2D eigenvalue weighted by Gasteiger charge is -2.32. The molecule has 2 fully saturated rings. The predicted molar refractivity (Wildman–Crippen MR) is 92.5 cm³/mol. The Labute approximate surface area is 144 Å². The number of benzene rings is 1. The molecule has 2 heterocycles. The fourth-order valence-corrected chi connectivity index (χ4v) is 3.82. The summed E-state index contributed by atoms with van der Waals surface area (Å²) in [5, 5.41) is 10.9. The van der Waals surface area contributed by atoms with E-state index in [2.05, 4.69) is 17.0 Å². The summed E-state index contributed by atoms with van der Waals surface area (Å²) in [7, 11) is 1.82. The fourth-order valence-electron chi connectivity index (χ4n) is 3.82. The smallest absolute Gasteiger partial charge is 0.225 e. The first-order chi connectivity index (χ1) is 11.6. The van der Waals surface area contributed by atoms with Crippen LogP contribution in [-0.4, -0.2) is 66.3 Å². The molecule has 132 valence electrons. The number of rotatable bonds is 5. The van der Waals surface area contributed by atoms with Gasteiger partial charge in [0.05, 0.1) is 12.1 Å². The molecule has 0 unspecified atom stereocenters. The summed E-state index contributed by atoms with van der Waals surface area (Å²) >= 11 is 0. The molecule has 1 N–H and O–H groups in total. The van der Waals surface area contributed by atoms with Gasteiger partial charge < -0.3 is 14.7 Å². The Morgan fingerprint density at radius 3 is 2.75 bits per heavy atom. The normalized spacial score (nSPS) is 25.8. The van der Waals surface area contributed by atoms with Crippen LogP contribution in [-0.2, 0) is 16.1 Å². The van der Waals surface area contributed by atoms with E-state index in [0.29, 0.717) is 32.7 Å². The van der Waals surface area contributed by atoms with E-state index in [9.17, 15) is 9.90 Å². The van der Waals surface area contributed by atoms with E-state index in [1.165, 1.54) is 5.56 Å². The van der Waals surface area contributed by atoms with Gasteiger partial charge in [0.1, 0.15) is 0 Å². The SMILES string of the molecule is CN(C[C@@]1(O)CCN(Cc2ccccc2)C1)C(=O)C1CCOCC1. The second kappa shape index (κ2) is 7.64. The molecule has 24 heavy (non-hydrogen) atoms. The number of hydrogen-bond acceptors (Lipinski definition) is 4. The zero-order valence-electron chi connectivity index (χ0n) is 14.5. The maximum Gasteiger partial charge on any atom is 0.225 e. The molecule has 2 aliphatic heterocycles. The van der Waals surface area contributed by atoms with Crippen molar-refractivity contribution in [2.75, 3.05) is 39.9 Å². The molecule has 3 rings (SSSR count). The number of amides is 1. The van der Waals surface area contributed by atoms with Crippen LogP contribution in [0.3, 0.4) is 0 Å². The lowest BCUT2D eigenvalue weighted by atomic mass is 9.97. The standard InChI is InChI=1S/C19H28N2O3/c1-20(18(22)17-7-11-24-12-8-17)14-19(23)9-10-21(15-19)13-16-5-3-2-4-6-16/h2-6,17,23H,7-15H2,1H3/t19-/m0/s1. The van der Waals surface area contributed by atoms with Gasteiger partial charge in [-0.2, -0.15) is 0 Å². The molecule has 0 bridgehead atoms. The van der Waals surface area contributed by atoms with Crippen molar-refractivity contribution in [2.24, 2.45) is 5.92 Å². The fraction of sp³-hybridized carbons (Fsp3) is 0.632. The number of aliphatic hydroxyl groups is 1. The number of carbonyl (C=O) groups excluding carboxylic acids is 1. The Kier molecular flexibility index (Phi) is 5.54. The highest BCUT2D eigenvalue weighted by Crippen LogP contribution is 2.25. The molecule has 1 amide bonds. The zero-order valence-corrected chi connectivity index (χ0v) is 14.5. The van der Waals surface area contributed by atoms with Crippen molar-refractivity contribution in [2.45, 2.75) is 31.4 Å². The van der Waals surface area contributed by atoms with Gasteiger partial charge in [0.25, 0.3) is 0 Å². The van der Waals surface area contributed by atoms with E-state index in [1.54, 1.807) is 4.90 Å². The third kappa shape index (κ3) is 4.35. The summed E-state index contributed by atoms with van der Waals surface area (Å²) < 4.78 is 5.33. The number of carbonyl (C=O) groups is 1. The topological polar surface area (TPSA) is 53.0 Å². The van der Waals surface area contributed by atoms with Crippen molar-refractivity contribution < 1.29 is 14.6 Å². The van der Waals surface area contributed by atoms with Crippen LogP contribution in [0, 0.1) is 5.92 Å². The van der Waals surface area contributed by atoms with Crippen LogP contribution in [0.5, 0.6) is 0 Å². The third-order valence-corrected chi connectivity index (χ3v) is 5.14. The van der Waals surface area contributed by atoms with Gasteiger partial charge in [0.15, 0.2) is 0 Å². The monoisotopic (exact) mass is 332 g/mol. The Morgan fingerprint density at radius 1 is 1.33 bits per heavy atom. The van der Waals surface area contributed by atoms with Crippen LogP contribution in [0.4, 0.5) is 0 Å². The van der Waals surface area contributed by atoms with Gasteiger partial charge in [-0.25, -0.2) is 0 Å². The highest BCUT2D eigenvalue weighted by Gasteiger charge is 2.38. The van der Waals surface area contributed by atoms with Crippen LogP contribution >= 0.6 is 0 Å². The molecular weight excluding hydrogens is 304 g/mol. The molecule has 2 saturated heterocycles. The van der Waals surface area contributed by atoms with Gasteiger partial charge >= 0.3 is 0 Å². The Bertz CT molecular complexity index is 545. The molecule has 1 atom stereocenters. The minimum atomic E-state index is -0.801. The van der Waals surface area contributed by atoms with Crippen molar-refractivity contribution in [3.63, 3.8) is 0 Å². The predicted octanol–water partition coefficient (Wildman–Crippen LogP) is 1.51. The summed E-state index contributed by atoms with van der Waals surface area (Å²) in [4.78, 5) is 16.5. The number of ether oxygens (including phenoxy) is 1.